The second kappa shape index (κ2) is 5.33. The van der Waals surface area contributed by atoms with Crippen LogP contribution in [0.3, 0.4) is 0 Å². The van der Waals surface area contributed by atoms with Gasteiger partial charge in [0.15, 0.2) is 0 Å². The van der Waals surface area contributed by atoms with E-state index in [1.807, 2.05) is 30.3 Å². The van der Waals surface area contributed by atoms with E-state index in [4.69, 9.17) is 5.73 Å². The normalized spacial score (nSPS) is 18.2. The number of aliphatic imine (C=N–C) groups is 1. The molecule has 2 amide bonds. The monoisotopic (exact) mass is 299 g/mol. The van der Waals surface area contributed by atoms with Crippen molar-refractivity contribution < 1.29 is 4.79 Å². The van der Waals surface area contributed by atoms with Gasteiger partial charge in [-0.3, -0.25) is 0 Å². The standard InChI is InChI=1S/C16H17N3OS/c1-10-8-13(11(2)21-10)14-15(17)18-16(20)19(14)9-12-6-4-3-5-7-12/h3-8,14H,9H2,1-2H3,(H2,17,18,20). The summed E-state index contributed by atoms with van der Waals surface area (Å²) in [4.78, 5) is 20.2. The van der Waals surface area contributed by atoms with Crippen LogP contribution in [0.5, 0.6) is 0 Å². The molecule has 0 aliphatic carbocycles. The zero-order chi connectivity index (χ0) is 15.0. The van der Waals surface area contributed by atoms with E-state index in [0.717, 1.165) is 11.1 Å². The summed E-state index contributed by atoms with van der Waals surface area (Å²) < 4.78 is 0. The summed E-state index contributed by atoms with van der Waals surface area (Å²) >= 11 is 1.72. The van der Waals surface area contributed by atoms with Crippen LogP contribution in [0, 0.1) is 13.8 Å². The highest BCUT2D eigenvalue weighted by Crippen LogP contribution is 2.34. The lowest BCUT2D eigenvalue weighted by Gasteiger charge is -2.24. The second-order valence-corrected chi connectivity index (χ2v) is 6.66. The largest absolute Gasteiger partial charge is 0.385 e. The van der Waals surface area contributed by atoms with Crippen molar-refractivity contribution in [3.8, 4) is 0 Å². The Labute approximate surface area is 127 Å². The Hall–Kier alpha value is -2.14. The molecule has 0 fully saturated rings. The van der Waals surface area contributed by atoms with Crippen LogP contribution in [0.1, 0.15) is 26.9 Å². The number of hydrogen-bond acceptors (Lipinski definition) is 3. The maximum absolute atomic E-state index is 12.2. The van der Waals surface area contributed by atoms with Gasteiger partial charge in [0.2, 0.25) is 0 Å². The molecule has 1 aliphatic heterocycles. The lowest BCUT2D eigenvalue weighted by atomic mass is 10.1. The summed E-state index contributed by atoms with van der Waals surface area (Å²) in [5.74, 6) is 0.386. The van der Waals surface area contributed by atoms with Crippen molar-refractivity contribution in [2.24, 2.45) is 10.7 Å². The number of nitrogens with zero attached hydrogens (tertiary/aromatic N) is 2. The van der Waals surface area contributed by atoms with E-state index < -0.39 is 0 Å². The Morgan fingerprint density at radius 2 is 2.00 bits per heavy atom. The van der Waals surface area contributed by atoms with Crippen LogP contribution in [0.2, 0.25) is 0 Å². The van der Waals surface area contributed by atoms with Crippen LogP contribution in [0.4, 0.5) is 4.79 Å². The fourth-order valence-corrected chi connectivity index (χ4v) is 3.65. The van der Waals surface area contributed by atoms with Crippen LogP contribution in [0.15, 0.2) is 41.4 Å². The first-order chi connectivity index (χ1) is 10.1. The van der Waals surface area contributed by atoms with Crippen molar-refractivity contribution in [1.82, 2.24) is 4.90 Å². The number of urea groups is 1. The molecular weight excluding hydrogens is 282 g/mol. The third-order valence-corrected chi connectivity index (χ3v) is 4.61. The summed E-state index contributed by atoms with van der Waals surface area (Å²) in [5.41, 5.74) is 8.17. The summed E-state index contributed by atoms with van der Waals surface area (Å²) in [5, 5.41) is 0. The van der Waals surface area contributed by atoms with Crippen LogP contribution < -0.4 is 5.73 Å². The molecule has 1 aromatic heterocycles. The zero-order valence-electron chi connectivity index (χ0n) is 12.0. The molecule has 0 radical (unpaired) electrons. The zero-order valence-corrected chi connectivity index (χ0v) is 12.9. The van der Waals surface area contributed by atoms with Crippen molar-refractivity contribution >= 4 is 23.2 Å². The molecule has 1 aromatic carbocycles. The molecule has 21 heavy (non-hydrogen) atoms. The third kappa shape index (κ3) is 2.56. The topological polar surface area (TPSA) is 58.7 Å². The molecule has 5 heteroatoms. The van der Waals surface area contributed by atoms with Gasteiger partial charge < -0.3 is 10.6 Å². The summed E-state index contributed by atoms with van der Waals surface area (Å²) in [6, 6.07) is 11.5. The number of thiophene rings is 1. The van der Waals surface area contributed by atoms with Gasteiger partial charge in [0, 0.05) is 16.3 Å². The van der Waals surface area contributed by atoms with E-state index in [1.165, 1.54) is 9.75 Å². The molecule has 1 unspecified atom stereocenters. The predicted octanol–water partition coefficient (Wildman–Crippen LogP) is 3.40. The summed E-state index contributed by atoms with van der Waals surface area (Å²) in [7, 11) is 0. The summed E-state index contributed by atoms with van der Waals surface area (Å²) in [6.07, 6.45) is 0. The first-order valence-electron chi connectivity index (χ1n) is 6.82. The van der Waals surface area contributed by atoms with Gasteiger partial charge in [0.1, 0.15) is 11.9 Å². The molecule has 1 aliphatic rings. The average molecular weight is 299 g/mol. The van der Waals surface area contributed by atoms with Gasteiger partial charge >= 0.3 is 6.03 Å². The number of nitrogens with two attached hydrogens (primary N) is 1. The fraction of sp³-hybridized carbons (Fsp3) is 0.250. The lowest BCUT2D eigenvalue weighted by molar-refractivity contribution is 0.204. The number of benzene rings is 1. The molecule has 0 saturated heterocycles. The first kappa shape index (κ1) is 13.8. The molecule has 0 saturated carbocycles. The minimum Gasteiger partial charge on any atom is -0.385 e. The van der Waals surface area contributed by atoms with E-state index in [2.05, 4.69) is 24.9 Å². The molecule has 1 atom stereocenters. The van der Waals surface area contributed by atoms with Crippen LogP contribution >= 0.6 is 11.3 Å². The molecule has 2 N–H and O–H groups in total. The van der Waals surface area contributed by atoms with E-state index in [-0.39, 0.29) is 12.1 Å². The van der Waals surface area contributed by atoms with Gasteiger partial charge in [-0.15, -0.1) is 11.3 Å². The van der Waals surface area contributed by atoms with Gasteiger partial charge in [0.05, 0.1) is 0 Å². The Morgan fingerprint density at radius 3 is 2.62 bits per heavy atom. The van der Waals surface area contributed by atoms with Crippen molar-refractivity contribution in [2.45, 2.75) is 26.4 Å². The Balaban J connectivity index is 1.95. The van der Waals surface area contributed by atoms with Gasteiger partial charge in [-0.2, -0.15) is 4.99 Å². The van der Waals surface area contributed by atoms with Crippen LogP contribution in [-0.2, 0) is 6.54 Å². The SMILES string of the molecule is Cc1cc(C2C(N)=NC(=O)N2Cc2ccccc2)c(C)s1. The van der Waals surface area contributed by atoms with E-state index in [9.17, 15) is 4.79 Å². The van der Waals surface area contributed by atoms with Gasteiger partial charge in [-0.25, -0.2) is 4.79 Å². The van der Waals surface area contributed by atoms with E-state index in [0.29, 0.717) is 12.4 Å². The molecular formula is C16H17N3OS. The van der Waals surface area contributed by atoms with Crippen molar-refractivity contribution in [3.63, 3.8) is 0 Å². The van der Waals surface area contributed by atoms with Gasteiger partial charge in [0.25, 0.3) is 0 Å². The van der Waals surface area contributed by atoms with Crippen molar-refractivity contribution in [3.05, 3.63) is 57.3 Å². The van der Waals surface area contributed by atoms with E-state index in [1.54, 1.807) is 16.2 Å². The number of carbonyl (C=O) groups excluding carboxylic acids is 1. The first-order valence-corrected chi connectivity index (χ1v) is 7.63. The molecule has 0 spiro atoms. The number of hydrogen-bond donors (Lipinski definition) is 1. The number of rotatable bonds is 3. The maximum Gasteiger partial charge on any atom is 0.346 e. The maximum atomic E-state index is 12.2. The minimum absolute atomic E-state index is 0.248. The Kier molecular flexibility index (Phi) is 3.51. The molecule has 2 aromatic rings. The van der Waals surface area contributed by atoms with Gasteiger partial charge in [-0.05, 0) is 31.0 Å². The minimum atomic E-state index is -0.260. The highest BCUT2D eigenvalue weighted by atomic mass is 32.1. The van der Waals surface area contributed by atoms with Crippen molar-refractivity contribution in [1.29, 1.82) is 0 Å². The second-order valence-electron chi connectivity index (χ2n) is 5.20. The van der Waals surface area contributed by atoms with Crippen LogP contribution in [0.25, 0.3) is 0 Å². The molecule has 4 nitrogen and oxygen atoms in total. The lowest BCUT2D eigenvalue weighted by Crippen LogP contribution is -2.33. The smallest absolute Gasteiger partial charge is 0.346 e. The van der Waals surface area contributed by atoms with Crippen molar-refractivity contribution in [2.75, 3.05) is 0 Å². The number of amides is 2. The predicted molar refractivity (Wildman–Crippen MR) is 85.5 cm³/mol. The molecule has 0 bridgehead atoms. The Morgan fingerprint density at radius 1 is 1.29 bits per heavy atom. The molecule has 3 rings (SSSR count). The fourth-order valence-electron chi connectivity index (χ4n) is 2.69. The molecule has 108 valence electrons. The third-order valence-electron chi connectivity index (χ3n) is 3.63. The number of aryl methyl sites for hydroxylation is 2. The van der Waals surface area contributed by atoms with Crippen LogP contribution in [-0.4, -0.2) is 16.8 Å². The highest BCUT2D eigenvalue weighted by molar-refractivity contribution is 7.12. The average Bonchev–Trinajstić information content (AvgIpc) is 2.90. The molecule has 2 heterocycles. The summed E-state index contributed by atoms with van der Waals surface area (Å²) in [6.45, 7) is 4.64. The Bertz CT molecular complexity index is 706. The number of carbonyl (C=O) groups is 1. The number of amidine groups is 1. The highest BCUT2D eigenvalue weighted by Gasteiger charge is 2.35. The van der Waals surface area contributed by atoms with Gasteiger partial charge in [-0.1, -0.05) is 30.3 Å². The van der Waals surface area contributed by atoms with E-state index >= 15 is 0 Å². The quantitative estimate of drug-likeness (QED) is 0.944.